The van der Waals surface area contributed by atoms with E-state index in [0.717, 1.165) is 11.1 Å². The van der Waals surface area contributed by atoms with Crippen LogP contribution in [0.2, 0.25) is 5.02 Å². The van der Waals surface area contributed by atoms with E-state index in [1.807, 2.05) is 54.6 Å². The van der Waals surface area contributed by atoms with Crippen LogP contribution in [0.15, 0.2) is 66.7 Å². The Balaban J connectivity index is 1.55. The van der Waals surface area contributed by atoms with E-state index < -0.39 is 5.92 Å². The number of nitrogens with one attached hydrogen (secondary N) is 1. The highest BCUT2D eigenvalue weighted by atomic mass is 35.5. The van der Waals surface area contributed by atoms with Gasteiger partial charge in [0.2, 0.25) is 11.8 Å². The number of carbonyl (C=O) groups excluding carboxylic acids is 2. The van der Waals surface area contributed by atoms with Crippen molar-refractivity contribution in [3.63, 3.8) is 0 Å². The molecule has 32 heavy (non-hydrogen) atoms. The van der Waals surface area contributed by atoms with E-state index in [9.17, 15) is 9.59 Å². The van der Waals surface area contributed by atoms with Crippen LogP contribution in [0, 0.1) is 5.92 Å². The number of carbonyl (C=O) groups is 2. The molecule has 1 fully saturated rings. The van der Waals surface area contributed by atoms with Crippen LogP contribution in [0.3, 0.4) is 0 Å². The van der Waals surface area contributed by atoms with Crippen molar-refractivity contribution in [2.45, 2.75) is 6.42 Å². The molecule has 6 nitrogen and oxygen atoms in total. The average molecular weight is 451 g/mol. The molecule has 0 unspecified atom stereocenters. The lowest BCUT2D eigenvalue weighted by Crippen LogP contribution is -2.28. The third-order valence-corrected chi connectivity index (χ3v) is 5.81. The molecule has 1 heterocycles. The third kappa shape index (κ3) is 4.27. The smallest absolute Gasteiger partial charge is 0.229 e. The fraction of sp³-hybridized carbons (Fsp3) is 0.200. The minimum Gasteiger partial charge on any atom is -0.495 e. The van der Waals surface area contributed by atoms with E-state index >= 15 is 0 Å². The number of halogens is 1. The fourth-order valence-corrected chi connectivity index (χ4v) is 4.10. The molecule has 0 radical (unpaired) electrons. The maximum atomic E-state index is 13.1. The van der Waals surface area contributed by atoms with E-state index in [0.29, 0.717) is 27.9 Å². The molecule has 7 heteroatoms. The first-order valence-electron chi connectivity index (χ1n) is 10.2. The summed E-state index contributed by atoms with van der Waals surface area (Å²) in [5.41, 5.74) is 3.15. The Morgan fingerprint density at radius 3 is 2.41 bits per heavy atom. The molecule has 0 aromatic heterocycles. The number of benzene rings is 3. The predicted octanol–water partition coefficient (Wildman–Crippen LogP) is 5.02. The molecule has 0 spiro atoms. The highest BCUT2D eigenvalue weighted by molar-refractivity contribution is 6.32. The zero-order chi connectivity index (χ0) is 22.7. The van der Waals surface area contributed by atoms with Crippen LogP contribution >= 0.6 is 11.6 Å². The van der Waals surface area contributed by atoms with Gasteiger partial charge in [-0.25, -0.2) is 0 Å². The van der Waals surface area contributed by atoms with Gasteiger partial charge in [-0.05, 0) is 17.7 Å². The number of anilines is 2. The molecule has 0 bridgehead atoms. The van der Waals surface area contributed by atoms with Crippen molar-refractivity contribution in [2.24, 2.45) is 5.92 Å². The molecule has 1 aliphatic rings. The molecule has 0 aliphatic carbocycles. The second-order valence-corrected chi connectivity index (χ2v) is 7.87. The summed E-state index contributed by atoms with van der Waals surface area (Å²) in [6, 6.07) is 20.7. The lowest BCUT2D eigenvalue weighted by atomic mass is 10.0. The van der Waals surface area contributed by atoms with Crippen LogP contribution in [0.4, 0.5) is 11.4 Å². The van der Waals surface area contributed by atoms with Crippen LogP contribution in [0.25, 0.3) is 11.1 Å². The van der Waals surface area contributed by atoms with Crippen LogP contribution in [0.5, 0.6) is 11.5 Å². The summed E-state index contributed by atoms with van der Waals surface area (Å²) in [7, 11) is 3.02. The Morgan fingerprint density at radius 1 is 1.00 bits per heavy atom. The molecule has 3 aromatic rings. The van der Waals surface area contributed by atoms with Crippen LogP contribution in [0.1, 0.15) is 6.42 Å². The van der Waals surface area contributed by atoms with Gasteiger partial charge in [0.15, 0.2) is 0 Å². The van der Waals surface area contributed by atoms with Crippen LogP contribution in [-0.4, -0.2) is 32.6 Å². The normalized spacial score (nSPS) is 15.5. The summed E-state index contributed by atoms with van der Waals surface area (Å²) >= 11 is 6.27. The number of amides is 2. The first-order chi connectivity index (χ1) is 15.5. The molecule has 164 valence electrons. The number of nitrogens with zero attached hydrogens (tertiary/aromatic N) is 1. The van der Waals surface area contributed by atoms with Gasteiger partial charge in [0.25, 0.3) is 0 Å². The second kappa shape index (κ2) is 9.32. The van der Waals surface area contributed by atoms with E-state index in [2.05, 4.69) is 5.32 Å². The van der Waals surface area contributed by atoms with Crippen molar-refractivity contribution in [1.82, 2.24) is 0 Å². The van der Waals surface area contributed by atoms with Crippen molar-refractivity contribution in [3.8, 4) is 22.6 Å². The molecule has 1 aliphatic heterocycles. The maximum absolute atomic E-state index is 13.1. The molecule has 1 saturated heterocycles. The highest BCUT2D eigenvalue weighted by Crippen LogP contribution is 2.40. The quantitative estimate of drug-likeness (QED) is 0.572. The second-order valence-electron chi connectivity index (χ2n) is 7.46. The lowest BCUT2D eigenvalue weighted by molar-refractivity contribution is -0.122. The molecular formula is C25H23ClN2O4. The van der Waals surface area contributed by atoms with Crippen molar-refractivity contribution in [3.05, 3.63) is 71.8 Å². The number of ether oxygens (including phenoxy) is 2. The molecule has 2 amide bonds. The number of methoxy groups -OCH3 is 2. The maximum Gasteiger partial charge on any atom is 0.229 e. The van der Waals surface area contributed by atoms with E-state index in [-0.39, 0.29) is 24.8 Å². The van der Waals surface area contributed by atoms with E-state index in [1.165, 1.54) is 19.1 Å². The topological polar surface area (TPSA) is 67.9 Å². The lowest BCUT2D eigenvalue weighted by Gasteiger charge is -2.21. The first kappa shape index (κ1) is 21.7. The summed E-state index contributed by atoms with van der Waals surface area (Å²) in [4.78, 5) is 27.4. The molecule has 1 atom stereocenters. The van der Waals surface area contributed by atoms with Gasteiger partial charge in [0.05, 0.1) is 30.8 Å². The fourth-order valence-electron chi connectivity index (χ4n) is 3.87. The molecule has 3 aromatic carbocycles. The zero-order valence-electron chi connectivity index (χ0n) is 17.8. The first-order valence-corrected chi connectivity index (χ1v) is 10.6. The average Bonchev–Trinajstić information content (AvgIpc) is 3.21. The van der Waals surface area contributed by atoms with Crippen molar-refractivity contribution < 1.29 is 19.1 Å². The van der Waals surface area contributed by atoms with Crippen molar-refractivity contribution >= 4 is 34.8 Å². The standard InChI is InChI=1S/C25H23ClN2O4/c1-31-22-14-23(32-2)21(13-19(22)26)28-15-17(12-24(28)29)25(30)27-20-11-7-6-10-18(20)16-8-4-3-5-9-16/h3-11,13-14,17H,12,15H2,1-2H3,(H,27,30)/t17-/m1/s1. The summed E-state index contributed by atoms with van der Waals surface area (Å²) in [5.74, 6) is 0.0292. The minimum atomic E-state index is -0.503. The highest BCUT2D eigenvalue weighted by Gasteiger charge is 2.37. The summed E-state index contributed by atoms with van der Waals surface area (Å²) in [6.07, 6.45) is 0.103. The SMILES string of the molecule is COc1cc(OC)c(N2C[C@H](C(=O)Nc3ccccc3-c3ccccc3)CC2=O)cc1Cl. The Morgan fingerprint density at radius 2 is 1.69 bits per heavy atom. The predicted molar refractivity (Wildman–Crippen MR) is 126 cm³/mol. The van der Waals surface area contributed by atoms with E-state index in [1.54, 1.807) is 12.1 Å². The van der Waals surface area contributed by atoms with Gasteiger partial charge < -0.3 is 19.7 Å². The Bertz CT molecular complexity index is 1150. The van der Waals surface area contributed by atoms with Crippen LogP contribution in [-0.2, 0) is 9.59 Å². The molecule has 4 rings (SSSR count). The third-order valence-electron chi connectivity index (χ3n) is 5.51. The molecule has 1 N–H and O–H groups in total. The molecule has 0 saturated carbocycles. The monoisotopic (exact) mass is 450 g/mol. The number of para-hydroxylation sites is 1. The summed E-state index contributed by atoms with van der Waals surface area (Å²) in [6.45, 7) is 0.233. The van der Waals surface area contributed by atoms with Gasteiger partial charge in [0.1, 0.15) is 11.5 Å². The van der Waals surface area contributed by atoms with Crippen molar-refractivity contribution in [2.75, 3.05) is 31.0 Å². The van der Waals surface area contributed by atoms with Crippen LogP contribution < -0.4 is 19.7 Å². The number of hydrogen-bond donors (Lipinski definition) is 1. The Hall–Kier alpha value is -3.51. The number of hydrogen-bond acceptors (Lipinski definition) is 4. The zero-order valence-corrected chi connectivity index (χ0v) is 18.6. The molecular weight excluding hydrogens is 428 g/mol. The Labute approximate surface area is 191 Å². The van der Waals surface area contributed by atoms with Gasteiger partial charge in [-0.2, -0.15) is 0 Å². The summed E-state index contributed by atoms with van der Waals surface area (Å²) in [5, 5.41) is 3.37. The largest absolute Gasteiger partial charge is 0.495 e. The van der Waals surface area contributed by atoms with Crippen molar-refractivity contribution in [1.29, 1.82) is 0 Å². The number of rotatable bonds is 6. The van der Waals surface area contributed by atoms with Gasteiger partial charge in [-0.15, -0.1) is 0 Å². The summed E-state index contributed by atoms with van der Waals surface area (Å²) < 4.78 is 10.7. The van der Waals surface area contributed by atoms with Gasteiger partial charge in [-0.3, -0.25) is 9.59 Å². The van der Waals surface area contributed by atoms with Gasteiger partial charge >= 0.3 is 0 Å². The minimum absolute atomic E-state index is 0.103. The van der Waals surface area contributed by atoms with Gasteiger partial charge in [0, 0.05) is 30.3 Å². The van der Waals surface area contributed by atoms with Gasteiger partial charge in [-0.1, -0.05) is 60.1 Å². The Kier molecular flexibility index (Phi) is 6.32. The van der Waals surface area contributed by atoms with E-state index in [4.69, 9.17) is 21.1 Å².